The van der Waals surface area contributed by atoms with Gasteiger partial charge in [0.15, 0.2) is 0 Å². The molecule has 0 aromatic carbocycles. The van der Waals surface area contributed by atoms with Gasteiger partial charge in [-0.2, -0.15) is 0 Å². The van der Waals surface area contributed by atoms with Crippen molar-refractivity contribution in [1.82, 2.24) is 20.2 Å². The summed E-state index contributed by atoms with van der Waals surface area (Å²) in [6.45, 7) is 4.28. The van der Waals surface area contributed by atoms with Crippen molar-refractivity contribution in [2.45, 2.75) is 6.73 Å². The summed E-state index contributed by atoms with van der Waals surface area (Å²) in [5.41, 5.74) is 0. The molecule has 0 saturated carbocycles. The molecule has 0 aliphatic heterocycles. The van der Waals surface area contributed by atoms with E-state index < -0.39 is 0 Å². The summed E-state index contributed by atoms with van der Waals surface area (Å²) in [5, 5.41) is 10.4. The summed E-state index contributed by atoms with van der Waals surface area (Å²) in [7, 11) is 0. The lowest BCUT2D eigenvalue weighted by atomic mass is 10.9. The van der Waals surface area contributed by atoms with E-state index in [0.717, 1.165) is 0 Å². The summed E-state index contributed by atoms with van der Waals surface area (Å²) in [6.07, 6.45) is 1.48. The van der Waals surface area contributed by atoms with Gasteiger partial charge >= 0.3 is 0 Å². The Morgan fingerprint density at radius 2 is 2.56 bits per heavy atom. The number of ether oxygens (including phenoxy) is 1. The van der Waals surface area contributed by atoms with Crippen LogP contribution < -0.4 is 0 Å². The van der Waals surface area contributed by atoms with E-state index in [-0.39, 0.29) is 0 Å². The summed E-state index contributed by atoms with van der Waals surface area (Å²) in [5.74, 6) is 0. The van der Waals surface area contributed by atoms with Crippen molar-refractivity contribution in [2.75, 3.05) is 6.61 Å². The van der Waals surface area contributed by atoms with Gasteiger partial charge in [0.05, 0.1) is 0 Å². The Labute approximate surface area is 52.6 Å². The lowest BCUT2D eigenvalue weighted by molar-refractivity contribution is 0.0883. The molecular weight excluding hydrogens is 120 g/mol. The molecule has 0 N–H and O–H groups in total. The Balaban J connectivity index is 2.30. The molecule has 49 valence electrons. The Morgan fingerprint density at radius 3 is 3.11 bits per heavy atom. The largest absolute Gasteiger partial charge is 0.359 e. The van der Waals surface area contributed by atoms with Crippen LogP contribution in [0.1, 0.15) is 0 Å². The molecule has 1 aromatic rings. The Hall–Kier alpha value is -0.970. The highest BCUT2D eigenvalue weighted by Gasteiger charge is 1.87. The molecule has 1 heterocycles. The van der Waals surface area contributed by atoms with Gasteiger partial charge in [-0.1, -0.05) is 0 Å². The van der Waals surface area contributed by atoms with Gasteiger partial charge in [-0.15, -0.1) is 5.10 Å². The monoisotopic (exact) mass is 127 g/mol. The third kappa shape index (κ3) is 1.77. The van der Waals surface area contributed by atoms with E-state index in [4.69, 9.17) is 4.74 Å². The molecule has 0 amide bonds. The van der Waals surface area contributed by atoms with E-state index in [2.05, 4.69) is 22.4 Å². The van der Waals surface area contributed by atoms with Crippen LogP contribution in [0.3, 0.4) is 0 Å². The van der Waals surface area contributed by atoms with Crippen LogP contribution in [-0.2, 0) is 11.5 Å². The van der Waals surface area contributed by atoms with E-state index in [1.54, 1.807) is 0 Å². The van der Waals surface area contributed by atoms with Crippen LogP contribution >= 0.6 is 0 Å². The Bertz CT molecular complexity index is 150. The van der Waals surface area contributed by atoms with Crippen LogP contribution in [0.5, 0.6) is 0 Å². The average Bonchev–Trinajstić information content (AvgIpc) is 2.34. The maximum absolute atomic E-state index is 4.89. The zero-order valence-corrected chi connectivity index (χ0v) is 4.90. The van der Waals surface area contributed by atoms with Crippen LogP contribution in [0.4, 0.5) is 0 Å². The standard InChI is InChI=1S/C4H7N4O/c1-2-9-4-8-3-5-6-7-8/h3H,1-2,4H2. The second-order valence-corrected chi connectivity index (χ2v) is 1.39. The first-order valence-corrected chi connectivity index (χ1v) is 2.51. The molecule has 0 aliphatic carbocycles. The van der Waals surface area contributed by atoms with Crippen LogP contribution in [0.15, 0.2) is 6.33 Å². The second kappa shape index (κ2) is 3.13. The predicted octanol–water partition coefficient (Wildman–Crippen LogP) is -0.519. The van der Waals surface area contributed by atoms with E-state index >= 15 is 0 Å². The van der Waals surface area contributed by atoms with E-state index in [1.165, 1.54) is 11.0 Å². The van der Waals surface area contributed by atoms with E-state index in [0.29, 0.717) is 13.3 Å². The highest BCUT2D eigenvalue weighted by atomic mass is 16.5. The van der Waals surface area contributed by atoms with E-state index in [9.17, 15) is 0 Å². The first kappa shape index (κ1) is 6.15. The van der Waals surface area contributed by atoms with Crippen molar-refractivity contribution in [3.05, 3.63) is 13.3 Å². The number of rotatable bonds is 3. The molecule has 0 aliphatic rings. The predicted molar refractivity (Wildman–Crippen MR) is 29.1 cm³/mol. The molecule has 1 radical (unpaired) electrons. The molecule has 0 fully saturated rings. The van der Waals surface area contributed by atoms with Crippen molar-refractivity contribution in [3.63, 3.8) is 0 Å². The Kier molecular flexibility index (Phi) is 2.14. The van der Waals surface area contributed by atoms with Gasteiger partial charge in [-0.3, -0.25) is 0 Å². The molecule has 1 rings (SSSR count). The number of aromatic nitrogens is 4. The molecule has 0 atom stereocenters. The maximum Gasteiger partial charge on any atom is 0.142 e. The summed E-state index contributed by atoms with van der Waals surface area (Å²) < 4.78 is 6.36. The fourth-order valence-corrected chi connectivity index (χ4v) is 0.398. The zero-order valence-electron chi connectivity index (χ0n) is 4.90. The summed E-state index contributed by atoms with van der Waals surface area (Å²) in [6, 6.07) is 0. The van der Waals surface area contributed by atoms with Crippen LogP contribution in [-0.4, -0.2) is 26.8 Å². The molecule has 0 saturated heterocycles. The number of tetrazole rings is 1. The minimum atomic E-state index is 0.372. The van der Waals surface area contributed by atoms with Gasteiger partial charge in [0.1, 0.15) is 13.1 Å². The topological polar surface area (TPSA) is 52.8 Å². The van der Waals surface area contributed by atoms with Crippen LogP contribution in [0.25, 0.3) is 0 Å². The molecule has 9 heavy (non-hydrogen) atoms. The fourth-order valence-electron chi connectivity index (χ4n) is 0.398. The maximum atomic E-state index is 4.89. The highest BCUT2D eigenvalue weighted by molar-refractivity contribution is 4.40. The Morgan fingerprint density at radius 1 is 1.67 bits per heavy atom. The number of nitrogens with zero attached hydrogens (tertiary/aromatic N) is 4. The first-order chi connectivity index (χ1) is 4.43. The van der Waals surface area contributed by atoms with E-state index in [1.807, 2.05) is 0 Å². The third-order valence-electron chi connectivity index (χ3n) is 0.759. The quantitative estimate of drug-likeness (QED) is 0.548. The minimum Gasteiger partial charge on any atom is -0.359 e. The summed E-state index contributed by atoms with van der Waals surface area (Å²) in [4.78, 5) is 0. The number of hydrogen-bond donors (Lipinski definition) is 0. The van der Waals surface area contributed by atoms with Crippen molar-refractivity contribution in [3.8, 4) is 0 Å². The molecule has 0 unspecified atom stereocenters. The molecule has 0 bridgehead atoms. The molecular formula is C4H7N4O. The molecule has 1 aromatic heterocycles. The molecule has 5 nitrogen and oxygen atoms in total. The smallest absolute Gasteiger partial charge is 0.142 e. The van der Waals surface area contributed by atoms with Crippen molar-refractivity contribution >= 4 is 0 Å². The van der Waals surface area contributed by atoms with Gasteiger partial charge in [0.2, 0.25) is 0 Å². The van der Waals surface area contributed by atoms with Gasteiger partial charge < -0.3 is 4.74 Å². The average molecular weight is 127 g/mol. The second-order valence-electron chi connectivity index (χ2n) is 1.39. The van der Waals surface area contributed by atoms with Gasteiger partial charge in [0.25, 0.3) is 0 Å². The minimum absolute atomic E-state index is 0.372. The van der Waals surface area contributed by atoms with Crippen molar-refractivity contribution < 1.29 is 4.74 Å². The lowest BCUT2D eigenvalue weighted by Crippen LogP contribution is -2.02. The highest BCUT2D eigenvalue weighted by Crippen LogP contribution is 1.78. The van der Waals surface area contributed by atoms with Gasteiger partial charge in [0, 0.05) is 6.61 Å². The normalized spacial score (nSPS) is 9.89. The zero-order chi connectivity index (χ0) is 6.53. The van der Waals surface area contributed by atoms with Crippen LogP contribution in [0, 0.1) is 6.92 Å². The van der Waals surface area contributed by atoms with Crippen molar-refractivity contribution in [1.29, 1.82) is 0 Å². The van der Waals surface area contributed by atoms with Crippen LogP contribution in [0.2, 0.25) is 0 Å². The molecule has 5 heteroatoms. The van der Waals surface area contributed by atoms with Gasteiger partial charge in [-0.05, 0) is 17.4 Å². The fraction of sp³-hybridized carbons (Fsp3) is 0.500. The SMILES string of the molecule is [CH2]COCn1cnnn1. The summed E-state index contributed by atoms with van der Waals surface area (Å²) >= 11 is 0. The lowest BCUT2D eigenvalue weighted by Gasteiger charge is -1.95. The molecule has 0 spiro atoms. The van der Waals surface area contributed by atoms with Crippen molar-refractivity contribution in [2.24, 2.45) is 0 Å². The number of hydrogen-bond acceptors (Lipinski definition) is 4. The first-order valence-electron chi connectivity index (χ1n) is 2.51. The van der Waals surface area contributed by atoms with Gasteiger partial charge in [-0.25, -0.2) is 4.68 Å². The third-order valence-corrected chi connectivity index (χ3v) is 0.759.